The molecule has 7 nitrogen and oxygen atoms in total. The first kappa shape index (κ1) is 28.3. The standard InChI is InChI=1S/C27H35F3N4O3/c1-19(2)17-37-23-9-5-20(6-10-23)15-32-26(36)34(16-21-3-7-22(28)8-4-21)24-11-13-33(14-12-25(31)35)18-27(24,29)30/h3-10,19,24H,11-18H2,1-2H3,(H2,31,35)(H,32,36)/t24-/m0/s1. The average molecular weight is 521 g/mol. The highest BCUT2D eigenvalue weighted by Gasteiger charge is 2.48. The van der Waals surface area contributed by atoms with Crippen molar-refractivity contribution in [3.8, 4) is 5.75 Å². The van der Waals surface area contributed by atoms with E-state index in [1.54, 1.807) is 12.1 Å². The van der Waals surface area contributed by atoms with Gasteiger partial charge in [0, 0.05) is 32.6 Å². The van der Waals surface area contributed by atoms with Gasteiger partial charge in [0.25, 0.3) is 5.92 Å². The Morgan fingerprint density at radius 1 is 1.14 bits per heavy atom. The molecule has 0 bridgehead atoms. The van der Waals surface area contributed by atoms with Gasteiger partial charge in [-0.25, -0.2) is 18.0 Å². The third kappa shape index (κ3) is 8.66. The van der Waals surface area contributed by atoms with E-state index in [2.05, 4.69) is 19.2 Å². The number of hydrogen-bond donors (Lipinski definition) is 2. The Kier molecular flexibility index (Phi) is 9.79. The van der Waals surface area contributed by atoms with Gasteiger partial charge < -0.3 is 20.7 Å². The van der Waals surface area contributed by atoms with E-state index in [4.69, 9.17) is 10.5 Å². The number of nitrogens with one attached hydrogen (secondary N) is 1. The van der Waals surface area contributed by atoms with Crippen LogP contribution in [0.3, 0.4) is 0 Å². The monoisotopic (exact) mass is 520 g/mol. The van der Waals surface area contributed by atoms with Crippen molar-refractivity contribution in [3.05, 3.63) is 65.5 Å². The first-order chi connectivity index (χ1) is 17.5. The van der Waals surface area contributed by atoms with Crippen LogP contribution in [0.4, 0.5) is 18.0 Å². The van der Waals surface area contributed by atoms with Crippen molar-refractivity contribution in [2.45, 2.75) is 51.7 Å². The fourth-order valence-electron chi connectivity index (χ4n) is 4.20. The second-order valence-corrected chi connectivity index (χ2v) is 9.82. The minimum absolute atomic E-state index is 0.0121. The molecule has 3 N–H and O–H groups in total. The number of alkyl halides is 2. The maximum absolute atomic E-state index is 15.3. The second-order valence-electron chi connectivity index (χ2n) is 9.82. The highest BCUT2D eigenvalue weighted by Crippen LogP contribution is 2.32. The predicted octanol–water partition coefficient (Wildman–Crippen LogP) is 4.16. The second kappa shape index (κ2) is 12.8. The molecule has 3 amide bonds. The topological polar surface area (TPSA) is 87.9 Å². The third-order valence-electron chi connectivity index (χ3n) is 6.17. The predicted molar refractivity (Wildman–Crippen MR) is 135 cm³/mol. The molecular formula is C27H35F3N4O3. The number of ether oxygens (including phenoxy) is 1. The molecule has 0 aromatic heterocycles. The number of likely N-dealkylation sites (tertiary alicyclic amines) is 1. The lowest BCUT2D eigenvalue weighted by Gasteiger charge is -2.43. The number of benzene rings is 2. The number of urea groups is 1. The molecule has 1 atom stereocenters. The molecule has 1 aliphatic rings. The molecular weight excluding hydrogens is 485 g/mol. The van der Waals surface area contributed by atoms with E-state index in [0.29, 0.717) is 30.4 Å². The van der Waals surface area contributed by atoms with Gasteiger partial charge in [-0.1, -0.05) is 38.1 Å². The molecule has 0 saturated carbocycles. The van der Waals surface area contributed by atoms with Crippen molar-refractivity contribution in [2.24, 2.45) is 11.7 Å². The van der Waals surface area contributed by atoms with Crippen molar-refractivity contribution in [1.29, 1.82) is 0 Å². The van der Waals surface area contributed by atoms with Gasteiger partial charge >= 0.3 is 6.03 Å². The molecule has 2 aromatic carbocycles. The first-order valence-electron chi connectivity index (χ1n) is 12.4. The number of nitrogens with zero attached hydrogens (tertiary/aromatic N) is 2. The van der Waals surface area contributed by atoms with Gasteiger partial charge in [0.1, 0.15) is 11.6 Å². The van der Waals surface area contributed by atoms with Gasteiger partial charge in [0.15, 0.2) is 0 Å². The van der Waals surface area contributed by atoms with Crippen LogP contribution in [-0.4, -0.2) is 59.9 Å². The van der Waals surface area contributed by atoms with Crippen LogP contribution < -0.4 is 15.8 Å². The van der Waals surface area contributed by atoms with Crippen LogP contribution in [0.5, 0.6) is 5.75 Å². The van der Waals surface area contributed by atoms with Crippen LogP contribution in [0.2, 0.25) is 0 Å². The fourth-order valence-corrected chi connectivity index (χ4v) is 4.20. The van der Waals surface area contributed by atoms with Crippen molar-refractivity contribution >= 4 is 11.9 Å². The third-order valence-corrected chi connectivity index (χ3v) is 6.17. The van der Waals surface area contributed by atoms with E-state index in [-0.39, 0.29) is 32.5 Å². The molecule has 0 unspecified atom stereocenters. The van der Waals surface area contributed by atoms with Gasteiger partial charge in [0.05, 0.1) is 19.2 Å². The minimum Gasteiger partial charge on any atom is -0.493 e. The highest BCUT2D eigenvalue weighted by molar-refractivity contribution is 5.75. The van der Waals surface area contributed by atoms with Crippen molar-refractivity contribution in [3.63, 3.8) is 0 Å². The summed E-state index contributed by atoms with van der Waals surface area (Å²) in [6.45, 7) is 4.57. The maximum atomic E-state index is 15.3. The number of hydrogen-bond acceptors (Lipinski definition) is 4. The average Bonchev–Trinajstić information content (AvgIpc) is 2.85. The number of primary amides is 1. The Morgan fingerprint density at radius 3 is 2.38 bits per heavy atom. The van der Waals surface area contributed by atoms with E-state index < -0.39 is 36.3 Å². The van der Waals surface area contributed by atoms with Gasteiger partial charge in [-0.05, 0) is 47.7 Å². The van der Waals surface area contributed by atoms with E-state index in [1.807, 2.05) is 12.1 Å². The Balaban J connectivity index is 1.70. The number of carbonyl (C=O) groups excluding carboxylic acids is 2. The molecule has 3 rings (SSSR count). The number of carbonyl (C=O) groups is 2. The van der Waals surface area contributed by atoms with Crippen molar-refractivity contribution in [2.75, 3.05) is 26.2 Å². The Bertz CT molecular complexity index is 1030. The molecule has 2 aromatic rings. The smallest absolute Gasteiger partial charge is 0.318 e. The van der Waals surface area contributed by atoms with Crippen LogP contribution in [-0.2, 0) is 17.9 Å². The lowest BCUT2D eigenvalue weighted by atomic mass is 9.98. The lowest BCUT2D eigenvalue weighted by Crippen LogP contribution is -2.61. The van der Waals surface area contributed by atoms with E-state index in [9.17, 15) is 14.0 Å². The highest BCUT2D eigenvalue weighted by atomic mass is 19.3. The fraction of sp³-hybridized carbons (Fsp3) is 0.481. The summed E-state index contributed by atoms with van der Waals surface area (Å²) < 4.78 is 49.7. The summed E-state index contributed by atoms with van der Waals surface area (Å²) in [6.07, 6.45) is 0.00406. The maximum Gasteiger partial charge on any atom is 0.318 e. The van der Waals surface area contributed by atoms with Crippen LogP contribution in [0, 0.1) is 11.7 Å². The molecule has 37 heavy (non-hydrogen) atoms. The molecule has 1 saturated heterocycles. The number of halogens is 3. The van der Waals surface area contributed by atoms with Gasteiger partial charge in [-0.15, -0.1) is 0 Å². The Labute approximate surface area is 215 Å². The number of nitrogens with two attached hydrogens (primary N) is 1. The quantitative estimate of drug-likeness (QED) is 0.466. The molecule has 0 aliphatic carbocycles. The van der Waals surface area contributed by atoms with Crippen LogP contribution in [0.1, 0.15) is 37.8 Å². The largest absolute Gasteiger partial charge is 0.493 e. The Morgan fingerprint density at radius 2 is 1.78 bits per heavy atom. The van der Waals surface area contributed by atoms with Crippen molar-refractivity contribution < 1.29 is 27.5 Å². The van der Waals surface area contributed by atoms with Crippen LogP contribution in [0.25, 0.3) is 0 Å². The van der Waals surface area contributed by atoms with E-state index in [0.717, 1.165) is 10.5 Å². The molecule has 0 spiro atoms. The van der Waals surface area contributed by atoms with E-state index in [1.165, 1.54) is 29.2 Å². The SMILES string of the molecule is CC(C)COc1ccc(CNC(=O)N(Cc2ccc(F)cc2)[C@H]2CCN(CCC(N)=O)CC2(F)F)cc1. The lowest BCUT2D eigenvalue weighted by molar-refractivity contribution is -0.125. The number of piperidine rings is 1. The van der Waals surface area contributed by atoms with Crippen LogP contribution >= 0.6 is 0 Å². The summed E-state index contributed by atoms with van der Waals surface area (Å²) in [6, 6.07) is 10.6. The van der Waals surface area contributed by atoms with Gasteiger partial charge in [0.2, 0.25) is 5.91 Å². The van der Waals surface area contributed by atoms with E-state index >= 15 is 8.78 Å². The van der Waals surface area contributed by atoms with Gasteiger partial charge in [-0.3, -0.25) is 9.69 Å². The summed E-state index contributed by atoms with van der Waals surface area (Å²) in [5.41, 5.74) is 6.49. The molecule has 1 heterocycles. The number of amides is 3. The zero-order chi connectivity index (χ0) is 27.0. The molecule has 1 fully saturated rings. The summed E-state index contributed by atoms with van der Waals surface area (Å²) >= 11 is 0. The van der Waals surface area contributed by atoms with Gasteiger partial charge in [-0.2, -0.15) is 0 Å². The molecule has 1 aliphatic heterocycles. The summed E-state index contributed by atoms with van der Waals surface area (Å²) in [5, 5.41) is 2.75. The van der Waals surface area contributed by atoms with Crippen LogP contribution in [0.15, 0.2) is 48.5 Å². The zero-order valence-corrected chi connectivity index (χ0v) is 21.3. The normalized spacial score (nSPS) is 17.4. The Hall–Kier alpha value is -3.27. The van der Waals surface area contributed by atoms with Crippen molar-refractivity contribution in [1.82, 2.24) is 15.1 Å². The summed E-state index contributed by atoms with van der Waals surface area (Å²) in [7, 11) is 0. The molecule has 0 radical (unpaired) electrons. The molecule has 10 heteroatoms. The zero-order valence-electron chi connectivity index (χ0n) is 21.3. The summed E-state index contributed by atoms with van der Waals surface area (Å²) in [4.78, 5) is 26.9. The number of rotatable bonds is 11. The summed E-state index contributed by atoms with van der Waals surface area (Å²) in [5.74, 6) is -3.12. The minimum atomic E-state index is -3.22. The first-order valence-corrected chi connectivity index (χ1v) is 12.4. The molecule has 202 valence electrons.